The highest BCUT2D eigenvalue weighted by Crippen LogP contribution is 2.28. The minimum absolute atomic E-state index is 0.383. The summed E-state index contributed by atoms with van der Waals surface area (Å²) in [7, 11) is -1.16. The van der Waals surface area contributed by atoms with Gasteiger partial charge in [0.2, 0.25) is 5.91 Å². The molecule has 1 N–H and O–H groups in total. The molecule has 1 unspecified atom stereocenters. The smallest absolute Gasteiger partial charge is 0.361 e. The van der Waals surface area contributed by atoms with Crippen molar-refractivity contribution in [2.24, 2.45) is 5.92 Å². The van der Waals surface area contributed by atoms with Crippen LogP contribution in [0.25, 0.3) is 11.0 Å². The van der Waals surface area contributed by atoms with E-state index in [1.807, 2.05) is 22.8 Å². The molecule has 0 bridgehead atoms. The fourth-order valence-corrected chi connectivity index (χ4v) is 3.52. The number of alkyl halides is 3. The summed E-state index contributed by atoms with van der Waals surface area (Å²) < 4.78 is 45.6. The van der Waals surface area contributed by atoms with Gasteiger partial charge < -0.3 is 14.6 Å². The summed E-state index contributed by atoms with van der Waals surface area (Å²) in [5.74, 6) is -2.29. The van der Waals surface area contributed by atoms with E-state index < -0.39 is 38.5 Å². The van der Waals surface area contributed by atoms with Gasteiger partial charge in [0.15, 0.2) is 0 Å². The summed E-state index contributed by atoms with van der Waals surface area (Å²) in [5, 5.41) is 2.65. The molecule has 0 saturated carbocycles. The molecular formula is C20H30F3N3O2Si. The Morgan fingerprint density at radius 2 is 1.97 bits per heavy atom. The largest absolute Gasteiger partial charge is 0.392 e. The van der Waals surface area contributed by atoms with Gasteiger partial charge in [-0.25, -0.2) is 4.98 Å². The topological polar surface area (TPSA) is 56.2 Å². The molecule has 1 aromatic heterocycles. The first kappa shape index (κ1) is 23.4. The van der Waals surface area contributed by atoms with Gasteiger partial charge in [-0.1, -0.05) is 32.6 Å². The number of hydrogen-bond donors (Lipinski definition) is 1. The number of carbonyl (C=O) groups is 1. The molecule has 0 radical (unpaired) electrons. The molecule has 162 valence electrons. The second-order valence-electron chi connectivity index (χ2n) is 8.75. The SMILES string of the molecule is CC(CC(=O)N[C@H](C)c1ccc2ncn(COCC[Si](C)(C)C)c2c1)C(F)(F)F. The Balaban J connectivity index is 2.01. The molecule has 1 aromatic carbocycles. The van der Waals surface area contributed by atoms with Crippen molar-refractivity contribution in [2.45, 2.75) is 64.9 Å². The van der Waals surface area contributed by atoms with Crippen molar-refractivity contribution in [2.75, 3.05) is 6.61 Å². The van der Waals surface area contributed by atoms with Gasteiger partial charge in [0.1, 0.15) is 6.73 Å². The van der Waals surface area contributed by atoms with Crippen LogP contribution in [0.2, 0.25) is 25.7 Å². The predicted octanol–water partition coefficient (Wildman–Crippen LogP) is 5.11. The Kier molecular flexibility index (Phi) is 7.50. The Hall–Kier alpha value is -1.87. The van der Waals surface area contributed by atoms with Crippen molar-refractivity contribution < 1.29 is 22.7 Å². The molecule has 5 nitrogen and oxygen atoms in total. The molecule has 0 saturated heterocycles. The van der Waals surface area contributed by atoms with Crippen LogP contribution < -0.4 is 5.32 Å². The maximum Gasteiger partial charge on any atom is 0.392 e. The first-order valence-corrected chi connectivity index (χ1v) is 13.5. The molecule has 1 amide bonds. The van der Waals surface area contributed by atoms with E-state index in [0.717, 1.165) is 29.6 Å². The number of hydrogen-bond acceptors (Lipinski definition) is 3. The molecule has 9 heteroatoms. The molecule has 0 aliphatic heterocycles. The number of rotatable bonds is 9. The second kappa shape index (κ2) is 9.29. The number of fused-ring (bicyclic) bond motifs is 1. The van der Waals surface area contributed by atoms with Crippen LogP contribution in [-0.2, 0) is 16.3 Å². The Labute approximate surface area is 170 Å². The van der Waals surface area contributed by atoms with Crippen LogP contribution in [-0.4, -0.2) is 36.3 Å². The number of aromatic nitrogens is 2. The average molecular weight is 430 g/mol. The van der Waals surface area contributed by atoms with Gasteiger partial charge in [-0.3, -0.25) is 4.79 Å². The molecule has 2 aromatic rings. The van der Waals surface area contributed by atoms with Gasteiger partial charge >= 0.3 is 6.18 Å². The highest BCUT2D eigenvalue weighted by atomic mass is 28.3. The zero-order valence-electron chi connectivity index (χ0n) is 17.6. The van der Waals surface area contributed by atoms with E-state index in [1.54, 1.807) is 13.3 Å². The van der Waals surface area contributed by atoms with E-state index in [-0.39, 0.29) is 0 Å². The fourth-order valence-electron chi connectivity index (χ4n) is 2.76. The third-order valence-electron chi connectivity index (χ3n) is 4.80. The number of ether oxygens (including phenoxy) is 1. The van der Waals surface area contributed by atoms with Crippen LogP contribution in [0.4, 0.5) is 13.2 Å². The van der Waals surface area contributed by atoms with Gasteiger partial charge in [0.25, 0.3) is 0 Å². The molecule has 0 aliphatic rings. The van der Waals surface area contributed by atoms with Crippen molar-refractivity contribution in [3.05, 3.63) is 30.1 Å². The average Bonchev–Trinajstić information content (AvgIpc) is 2.99. The summed E-state index contributed by atoms with van der Waals surface area (Å²) in [6.07, 6.45) is -3.25. The third-order valence-corrected chi connectivity index (χ3v) is 6.50. The quantitative estimate of drug-likeness (QED) is 0.445. The summed E-state index contributed by atoms with van der Waals surface area (Å²) in [4.78, 5) is 16.3. The number of benzene rings is 1. The van der Waals surface area contributed by atoms with E-state index in [9.17, 15) is 18.0 Å². The lowest BCUT2D eigenvalue weighted by Gasteiger charge is -2.18. The molecule has 1 heterocycles. The normalized spacial score (nSPS) is 14.8. The molecule has 0 spiro atoms. The molecule has 2 rings (SSSR count). The zero-order valence-corrected chi connectivity index (χ0v) is 18.6. The van der Waals surface area contributed by atoms with Crippen molar-refractivity contribution >= 4 is 25.0 Å². The van der Waals surface area contributed by atoms with Crippen molar-refractivity contribution in [1.29, 1.82) is 0 Å². The van der Waals surface area contributed by atoms with E-state index >= 15 is 0 Å². The van der Waals surface area contributed by atoms with Crippen LogP contribution in [0.15, 0.2) is 24.5 Å². The first-order chi connectivity index (χ1) is 13.4. The van der Waals surface area contributed by atoms with Crippen molar-refractivity contribution in [3.8, 4) is 0 Å². The van der Waals surface area contributed by atoms with E-state index in [0.29, 0.717) is 13.3 Å². The lowest BCUT2D eigenvalue weighted by atomic mass is 10.0. The molecule has 0 fully saturated rings. The van der Waals surface area contributed by atoms with Gasteiger partial charge in [-0.15, -0.1) is 0 Å². The molecule has 0 aliphatic carbocycles. The number of halogens is 3. The minimum atomic E-state index is -4.37. The van der Waals surface area contributed by atoms with E-state index in [1.165, 1.54) is 0 Å². The standard InChI is InChI=1S/C20H30F3N3O2Si/c1-14(20(21,22)23)10-19(27)25-15(2)16-6-7-17-18(11-16)26(12-24-17)13-28-8-9-29(3,4)5/h6-7,11-12,14-15H,8-10,13H2,1-5H3,(H,25,27)/t14?,15-/m1/s1. The van der Waals surface area contributed by atoms with Gasteiger partial charge in [-0.05, 0) is 30.7 Å². The minimum Gasteiger partial charge on any atom is -0.361 e. The van der Waals surface area contributed by atoms with Crippen LogP contribution >= 0.6 is 0 Å². The maximum absolute atomic E-state index is 12.6. The van der Waals surface area contributed by atoms with Crippen LogP contribution in [0.1, 0.15) is 31.9 Å². The van der Waals surface area contributed by atoms with Crippen molar-refractivity contribution in [1.82, 2.24) is 14.9 Å². The third kappa shape index (κ3) is 7.15. The maximum atomic E-state index is 12.6. The Bertz CT molecular complexity index is 830. The van der Waals surface area contributed by atoms with Gasteiger partial charge in [0.05, 0.1) is 29.3 Å². The lowest BCUT2D eigenvalue weighted by Crippen LogP contribution is -2.31. The van der Waals surface area contributed by atoms with Crippen LogP contribution in [0.5, 0.6) is 0 Å². The highest BCUT2D eigenvalue weighted by molar-refractivity contribution is 6.76. The van der Waals surface area contributed by atoms with Crippen molar-refractivity contribution in [3.63, 3.8) is 0 Å². The number of carbonyl (C=O) groups excluding carboxylic acids is 1. The Morgan fingerprint density at radius 3 is 2.59 bits per heavy atom. The van der Waals surface area contributed by atoms with Gasteiger partial charge in [-0.2, -0.15) is 13.2 Å². The summed E-state index contributed by atoms with van der Waals surface area (Å²) in [6, 6.07) is 6.21. The molecule has 2 atom stereocenters. The monoisotopic (exact) mass is 429 g/mol. The summed E-state index contributed by atoms with van der Waals surface area (Å²) >= 11 is 0. The number of nitrogens with one attached hydrogen (secondary N) is 1. The highest BCUT2D eigenvalue weighted by Gasteiger charge is 2.37. The number of imidazole rings is 1. The zero-order chi connectivity index (χ0) is 21.8. The molecule has 29 heavy (non-hydrogen) atoms. The second-order valence-corrected chi connectivity index (χ2v) is 14.4. The first-order valence-electron chi connectivity index (χ1n) is 9.75. The lowest BCUT2D eigenvalue weighted by molar-refractivity contribution is -0.174. The fraction of sp³-hybridized carbons (Fsp3) is 0.600. The van der Waals surface area contributed by atoms with E-state index in [4.69, 9.17) is 4.74 Å². The van der Waals surface area contributed by atoms with Crippen LogP contribution in [0, 0.1) is 5.92 Å². The number of amides is 1. The molecular weight excluding hydrogens is 399 g/mol. The Morgan fingerprint density at radius 1 is 1.28 bits per heavy atom. The van der Waals surface area contributed by atoms with Gasteiger partial charge in [0, 0.05) is 21.1 Å². The van der Waals surface area contributed by atoms with E-state index in [2.05, 4.69) is 29.9 Å². The predicted molar refractivity (Wildman–Crippen MR) is 110 cm³/mol. The summed E-state index contributed by atoms with van der Waals surface area (Å²) in [6.45, 7) is 10.7. The number of nitrogens with zero attached hydrogens (tertiary/aromatic N) is 2. The summed E-state index contributed by atoms with van der Waals surface area (Å²) in [5.41, 5.74) is 2.46. The van der Waals surface area contributed by atoms with Crippen LogP contribution in [0.3, 0.4) is 0 Å².